The first-order chi connectivity index (χ1) is 13.8. The molecule has 0 bridgehead atoms. The van der Waals surface area contributed by atoms with E-state index in [1.54, 1.807) is 13.4 Å². The minimum absolute atomic E-state index is 0.0314. The predicted molar refractivity (Wildman–Crippen MR) is 110 cm³/mol. The number of nitrogens with zero attached hydrogens (tertiary/aromatic N) is 3. The fourth-order valence-corrected chi connectivity index (χ4v) is 3.61. The second-order valence-electron chi connectivity index (χ2n) is 6.31. The summed E-state index contributed by atoms with van der Waals surface area (Å²) < 4.78 is 6.98. The van der Waals surface area contributed by atoms with Crippen molar-refractivity contribution < 1.29 is 9.53 Å². The Morgan fingerprint density at radius 1 is 1.14 bits per heavy atom. The fourth-order valence-electron chi connectivity index (χ4n) is 2.85. The van der Waals surface area contributed by atoms with Gasteiger partial charge in [-0.3, -0.25) is 4.79 Å². The highest BCUT2D eigenvalue weighted by atomic mass is 32.2. The molecule has 0 radical (unpaired) electrons. The standard InChI is InChI=1S/C21H24N4O2S/c1-27-13-12-25-16-22-24-21(25)28-15-20(26)23-19(18-10-6-3-7-11-18)14-17-8-4-2-5-9-17/h2-11,16,19H,12-15H2,1H3,(H,23,26). The molecule has 0 spiro atoms. The largest absolute Gasteiger partial charge is 0.383 e. The lowest BCUT2D eigenvalue weighted by Gasteiger charge is -2.19. The summed E-state index contributed by atoms with van der Waals surface area (Å²) in [6, 6.07) is 20.2. The van der Waals surface area contributed by atoms with Gasteiger partial charge < -0.3 is 14.6 Å². The smallest absolute Gasteiger partial charge is 0.230 e. The number of rotatable bonds is 10. The Hall–Kier alpha value is -2.64. The first kappa shape index (κ1) is 20.1. The summed E-state index contributed by atoms with van der Waals surface area (Å²) in [4.78, 5) is 12.6. The van der Waals surface area contributed by atoms with Crippen molar-refractivity contribution in [2.45, 2.75) is 24.2 Å². The SMILES string of the molecule is COCCn1cnnc1SCC(=O)NC(Cc1ccccc1)c1ccccc1. The third kappa shape index (κ3) is 5.94. The van der Waals surface area contributed by atoms with Gasteiger partial charge in [0.15, 0.2) is 5.16 Å². The van der Waals surface area contributed by atoms with Crippen LogP contribution < -0.4 is 5.32 Å². The van der Waals surface area contributed by atoms with Crippen molar-refractivity contribution in [3.05, 3.63) is 78.1 Å². The van der Waals surface area contributed by atoms with E-state index >= 15 is 0 Å². The Morgan fingerprint density at radius 2 is 1.86 bits per heavy atom. The van der Waals surface area contributed by atoms with Gasteiger partial charge in [0.25, 0.3) is 0 Å². The van der Waals surface area contributed by atoms with Gasteiger partial charge in [-0.2, -0.15) is 0 Å². The molecule has 1 atom stereocenters. The number of nitrogens with one attached hydrogen (secondary N) is 1. The van der Waals surface area contributed by atoms with Crippen LogP contribution in [0.5, 0.6) is 0 Å². The molecule has 0 fully saturated rings. The van der Waals surface area contributed by atoms with Gasteiger partial charge in [-0.15, -0.1) is 10.2 Å². The average Bonchev–Trinajstić information content (AvgIpc) is 3.19. The van der Waals surface area contributed by atoms with Crippen LogP contribution in [0.4, 0.5) is 0 Å². The normalized spacial score (nSPS) is 11.9. The summed E-state index contributed by atoms with van der Waals surface area (Å²) in [7, 11) is 1.65. The lowest BCUT2D eigenvalue weighted by Crippen LogP contribution is -2.31. The first-order valence-corrected chi connectivity index (χ1v) is 10.1. The van der Waals surface area contributed by atoms with Crippen molar-refractivity contribution >= 4 is 17.7 Å². The Balaban J connectivity index is 1.62. The van der Waals surface area contributed by atoms with Crippen LogP contribution in [0.1, 0.15) is 17.2 Å². The molecule has 3 aromatic rings. The summed E-state index contributed by atoms with van der Waals surface area (Å²) in [6.45, 7) is 1.24. The first-order valence-electron chi connectivity index (χ1n) is 9.14. The summed E-state index contributed by atoms with van der Waals surface area (Å²) >= 11 is 1.38. The second kappa shape index (κ2) is 10.6. The number of thioether (sulfide) groups is 1. The number of aromatic nitrogens is 3. The Labute approximate surface area is 169 Å². The predicted octanol–water partition coefficient (Wildman–Crippen LogP) is 3.12. The molecule has 1 amide bonds. The monoisotopic (exact) mass is 396 g/mol. The van der Waals surface area contributed by atoms with Crippen LogP contribution in [-0.2, 0) is 22.5 Å². The van der Waals surface area contributed by atoms with Crippen molar-refractivity contribution in [2.75, 3.05) is 19.5 Å². The highest BCUT2D eigenvalue weighted by molar-refractivity contribution is 7.99. The molecule has 1 heterocycles. The molecule has 0 aliphatic rings. The van der Waals surface area contributed by atoms with Crippen LogP contribution in [0.2, 0.25) is 0 Å². The molecule has 0 saturated carbocycles. The van der Waals surface area contributed by atoms with E-state index in [0.717, 1.165) is 12.0 Å². The van der Waals surface area contributed by atoms with Gasteiger partial charge in [-0.1, -0.05) is 72.4 Å². The maximum Gasteiger partial charge on any atom is 0.230 e. The number of methoxy groups -OCH3 is 1. The van der Waals surface area contributed by atoms with Gasteiger partial charge in [0.2, 0.25) is 5.91 Å². The summed E-state index contributed by atoms with van der Waals surface area (Å²) in [5.74, 6) is 0.250. The van der Waals surface area contributed by atoms with E-state index in [-0.39, 0.29) is 17.7 Å². The van der Waals surface area contributed by atoms with E-state index in [1.807, 2.05) is 53.1 Å². The van der Waals surface area contributed by atoms with Gasteiger partial charge in [0.1, 0.15) is 6.33 Å². The molecule has 28 heavy (non-hydrogen) atoms. The Bertz CT molecular complexity index is 855. The number of hydrogen-bond acceptors (Lipinski definition) is 5. The highest BCUT2D eigenvalue weighted by Gasteiger charge is 2.16. The Morgan fingerprint density at radius 3 is 2.57 bits per heavy atom. The van der Waals surface area contributed by atoms with E-state index in [2.05, 4.69) is 27.6 Å². The van der Waals surface area contributed by atoms with Gasteiger partial charge in [0.05, 0.1) is 18.4 Å². The third-order valence-corrected chi connectivity index (χ3v) is 5.25. The minimum Gasteiger partial charge on any atom is -0.383 e. The molecule has 1 N–H and O–H groups in total. The molecule has 0 aliphatic carbocycles. The van der Waals surface area contributed by atoms with Crippen LogP contribution in [0.3, 0.4) is 0 Å². The number of benzene rings is 2. The van der Waals surface area contributed by atoms with E-state index in [4.69, 9.17) is 4.74 Å². The number of amides is 1. The van der Waals surface area contributed by atoms with Crippen molar-refractivity contribution in [3.8, 4) is 0 Å². The zero-order chi connectivity index (χ0) is 19.6. The van der Waals surface area contributed by atoms with Crippen molar-refractivity contribution in [3.63, 3.8) is 0 Å². The quantitative estimate of drug-likeness (QED) is 0.533. The van der Waals surface area contributed by atoms with Crippen LogP contribution >= 0.6 is 11.8 Å². The number of hydrogen-bond donors (Lipinski definition) is 1. The summed E-state index contributed by atoms with van der Waals surface area (Å²) in [6.07, 6.45) is 2.40. The topological polar surface area (TPSA) is 69.0 Å². The second-order valence-corrected chi connectivity index (χ2v) is 7.25. The highest BCUT2D eigenvalue weighted by Crippen LogP contribution is 2.20. The number of carbonyl (C=O) groups excluding carboxylic acids is 1. The fraction of sp³-hybridized carbons (Fsp3) is 0.286. The zero-order valence-corrected chi connectivity index (χ0v) is 16.6. The van der Waals surface area contributed by atoms with Gasteiger partial charge in [0, 0.05) is 13.7 Å². The Kier molecular flexibility index (Phi) is 7.63. The van der Waals surface area contributed by atoms with Gasteiger partial charge >= 0.3 is 0 Å². The molecule has 6 nitrogen and oxygen atoms in total. The summed E-state index contributed by atoms with van der Waals surface area (Å²) in [5.41, 5.74) is 2.27. The van der Waals surface area contributed by atoms with Crippen LogP contribution in [0.25, 0.3) is 0 Å². The molecule has 1 unspecified atom stereocenters. The molecule has 3 rings (SSSR count). The van der Waals surface area contributed by atoms with Crippen LogP contribution in [0.15, 0.2) is 72.1 Å². The number of ether oxygens (including phenoxy) is 1. The molecule has 0 aliphatic heterocycles. The van der Waals surface area contributed by atoms with E-state index in [9.17, 15) is 4.79 Å². The molecule has 1 aromatic heterocycles. The molecule has 0 saturated heterocycles. The molecule has 7 heteroatoms. The molecular formula is C21H24N4O2S. The third-order valence-electron chi connectivity index (χ3n) is 4.27. The molecular weight excluding hydrogens is 372 g/mol. The van der Waals surface area contributed by atoms with Gasteiger partial charge in [-0.05, 0) is 17.5 Å². The number of carbonyl (C=O) groups is 1. The van der Waals surface area contributed by atoms with Gasteiger partial charge in [-0.25, -0.2) is 0 Å². The van der Waals surface area contributed by atoms with Crippen molar-refractivity contribution in [2.24, 2.45) is 0 Å². The van der Waals surface area contributed by atoms with E-state index < -0.39 is 0 Å². The summed E-state index contributed by atoms with van der Waals surface area (Å²) in [5, 5.41) is 11.9. The maximum absolute atomic E-state index is 12.6. The average molecular weight is 397 g/mol. The maximum atomic E-state index is 12.6. The lowest BCUT2D eigenvalue weighted by atomic mass is 9.99. The van der Waals surface area contributed by atoms with E-state index in [0.29, 0.717) is 18.3 Å². The van der Waals surface area contributed by atoms with Crippen LogP contribution in [0, 0.1) is 0 Å². The van der Waals surface area contributed by atoms with Crippen molar-refractivity contribution in [1.29, 1.82) is 0 Å². The zero-order valence-electron chi connectivity index (χ0n) is 15.8. The lowest BCUT2D eigenvalue weighted by molar-refractivity contribution is -0.119. The van der Waals surface area contributed by atoms with E-state index in [1.165, 1.54) is 17.3 Å². The van der Waals surface area contributed by atoms with Crippen molar-refractivity contribution in [1.82, 2.24) is 20.1 Å². The van der Waals surface area contributed by atoms with Crippen LogP contribution in [-0.4, -0.2) is 40.1 Å². The molecule has 2 aromatic carbocycles. The molecule has 146 valence electrons. The minimum atomic E-state index is -0.0805.